The fourth-order valence-electron chi connectivity index (χ4n) is 2.34. The third kappa shape index (κ3) is 10.2. The van der Waals surface area contributed by atoms with Gasteiger partial charge in [-0.2, -0.15) is 0 Å². The van der Waals surface area contributed by atoms with Crippen LogP contribution in [0.5, 0.6) is 0 Å². The zero-order valence-electron chi connectivity index (χ0n) is 14.1. The van der Waals surface area contributed by atoms with Crippen LogP contribution < -0.4 is 0 Å². The first-order valence-electron chi connectivity index (χ1n) is 8.21. The molecule has 0 aliphatic heterocycles. The van der Waals surface area contributed by atoms with Crippen molar-refractivity contribution in [2.24, 2.45) is 5.92 Å². The molecule has 0 radical (unpaired) electrons. The molecule has 0 atom stereocenters. The molecule has 0 aliphatic rings. The summed E-state index contributed by atoms with van der Waals surface area (Å²) >= 11 is 0. The van der Waals surface area contributed by atoms with Gasteiger partial charge in [-0.25, -0.2) is 9.59 Å². The molecule has 0 fully saturated rings. The van der Waals surface area contributed by atoms with Gasteiger partial charge in [-0.05, 0) is 26.2 Å². The third-order valence-electron chi connectivity index (χ3n) is 3.74. The molecule has 0 aromatic rings. The first kappa shape index (κ1) is 20.4. The fourth-order valence-corrected chi connectivity index (χ4v) is 2.34. The van der Waals surface area contributed by atoms with E-state index in [-0.39, 0.29) is 17.1 Å². The number of aliphatic carboxylic acids is 2. The van der Waals surface area contributed by atoms with Crippen LogP contribution in [0.25, 0.3) is 0 Å². The Morgan fingerprint density at radius 2 is 1.23 bits per heavy atom. The number of rotatable bonds is 12. The molecule has 0 bridgehead atoms. The topological polar surface area (TPSA) is 74.6 Å². The number of carboxylic acids is 2. The van der Waals surface area contributed by atoms with Gasteiger partial charge in [0.2, 0.25) is 0 Å². The SMILES string of the molecule is CCCCCCCCCC(C=C(C)C(=O)O)C=C(C)C(=O)O. The predicted molar refractivity (Wildman–Crippen MR) is 88.9 cm³/mol. The maximum atomic E-state index is 10.9. The first-order valence-corrected chi connectivity index (χ1v) is 8.21. The summed E-state index contributed by atoms with van der Waals surface area (Å²) in [7, 11) is 0. The van der Waals surface area contributed by atoms with Crippen molar-refractivity contribution in [2.75, 3.05) is 0 Å². The van der Waals surface area contributed by atoms with Gasteiger partial charge in [-0.15, -0.1) is 0 Å². The number of carboxylic acid groups (broad SMARTS) is 2. The van der Waals surface area contributed by atoms with Gasteiger partial charge in [0.25, 0.3) is 0 Å². The summed E-state index contributed by atoms with van der Waals surface area (Å²) in [5.41, 5.74) is 0.532. The van der Waals surface area contributed by atoms with E-state index in [1.54, 1.807) is 26.0 Å². The summed E-state index contributed by atoms with van der Waals surface area (Å²) in [4.78, 5) is 21.9. The Bertz CT molecular complexity index is 377. The van der Waals surface area contributed by atoms with Crippen LogP contribution in [0.1, 0.15) is 72.1 Å². The minimum Gasteiger partial charge on any atom is -0.478 e. The molecule has 0 aromatic heterocycles. The van der Waals surface area contributed by atoms with Crippen molar-refractivity contribution in [1.29, 1.82) is 0 Å². The molecule has 0 spiro atoms. The Kier molecular flexibility index (Phi) is 11.2. The Morgan fingerprint density at radius 1 is 0.818 bits per heavy atom. The van der Waals surface area contributed by atoms with Crippen molar-refractivity contribution >= 4 is 11.9 Å². The standard InChI is InChI=1S/C18H30O4/c1-4-5-6-7-8-9-10-11-16(12-14(2)17(19)20)13-15(3)18(21)22/h12-13,16H,4-11H2,1-3H3,(H,19,20)(H,21,22). The second kappa shape index (κ2) is 12.0. The number of allylic oxidation sites excluding steroid dienone is 2. The van der Waals surface area contributed by atoms with Crippen molar-refractivity contribution < 1.29 is 19.8 Å². The molecule has 0 amide bonds. The summed E-state index contributed by atoms with van der Waals surface area (Å²) in [5, 5.41) is 17.9. The monoisotopic (exact) mass is 310 g/mol. The van der Waals surface area contributed by atoms with E-state index in [0.29, 0.717) is 0 Å². The maximum Gasteiger partial charge on any atom is 0.330 e. The molecule has 0 unspecified atom stereocenters. The molecule has 0 saturated heterocycles. The van der Waals surface area contributed by atoms with Gasteiger partial charge in [-0.3, -0.25) is 0 Å². The molecule has 4 heteroatoms. The van der Waals surface area contributed by atoms with E-state index in [1.165, 1.54) is 32.1 Å². The number of unbranched alkanes of at least 4 members (excludes halogenated alkanes) is 6. The highest BCUT2D eigenvalue weighted by molar-refractivity contribution is 5.87. The van der Waals surface area contributed by atoms with Crippen LogP contribution in [0.4, 0.5) is 0 Å². The van der Waals surface area contributed by atoms with E-state index in [0.717, 1.165) is 19.3 Å². The molecular formula is C18H30O4. The van der Waals surface area contributed by atoms with E-state index in [4.69, 9.17) is 10.2 Å². The average molecular weight is 310 g/mol. The van der Waals surface area contributed by atoms with Crippen LogP contribution >= 0.6 is 0 Å². The van der Waals surface area contributed by atoms with Gasteiger partial charge in [0.05, 0.1) is 0 Å². The van der Waals surface area contributed by atoms with Crippen molar-refractivity contribution in [3.8, 4) is 0 Å². The highest BCUT2D eigenvalue weighted by Crippen LogP contribution is 2.18. The molecule has 0 heterocycles. The third-order valence-corrected chi connectivity index (χ3v) is 3.74. The molecular weight excluding hydrogens is 280 g/mol. The summed E-state index contributed by atoms with van der Waals surface area (Å²) in [6, 6.07) is 0. The molecule has 0 aromatic carbocycles. The summed E-state index contributed by atoms with van der Waals surface area (Å²) < 4.78 is 0. The van der Waals surface area contributed by atoms with Crippen LogP contribution in [0.15, 0.2) is 23.3 Å². The van der Waals surface area contributed by atoms with Crippen molar-refractivity contribution in [3.63, 3.8) is 0 Å². The van der Waals surface area contributed by atoms with Crippen LogP contribution in [0.2, 0.25) is 0 Å². The Balaban J connectivity index is 4.43. The fraction of sp³-hybridized carbons (Fsp3) is 0.667. The average Bonchev–Trinajstić information content (AvgIpc) is 2.45. The molecule has 0 aliphatic carbocycles. The highest BCUT2D eigenvalue weighted by Gasteiger charge is 2.09. The van der Waals surface area contributed by atoms with Gasteiger partial charge < -0.3 is 10.2 Å². The second-order valence-electron chi connectivity index (χ2n) is 5.88. The van der Waals surface area contributed by atoms with Crippen molar-refractivity contribution in [1.82, 2.24) is 0 Å². The Hall–Kier alpha value is -1.58. The number of hydrogen-bond donors (Lipinski definition) is 2. The minimum absolute atomic E-state index is 0.122. The van der Waals surface area contributed by atoms with Crippen LogP contribution in [0, 0.1) is 5.92 Å². The lowest BCUT2D eigenvalue weighted by molar-refractivity contribution is -0.133. The molecule has 4 nitrogen and oxygen atoms in total. The van der Waals surface area contributed by atoms with Crippen LogP contribution in [0.3, 0.4) is 0 Å². The van der Waals surface area contributed by atoms with Gasteiger partial charge in [0, 0.05) is 11.1 Å². The van der Waals surface area contributed by atoms with Gasteiger partial charge in [-0.1, -0.05) is 64.0 Å². The lowest BCUT2D eigenvalue weighted by Gasteiger charge is -2.10. The van der Waals surface area contributed by atoms with Crippen molar-refractivity contribution in [3.05, 3.63) is 23.3 Å². The summed E-state index contributed by atoms with van der Waals surface area (Å²) in [5.74, 6) is -2.03. The van der Waals surface area contributed by atoms with Crippen molar-refractivity contribution in [2.45, 2.75) is 72.1 Å². The summed E-state index contributed by atoms with van der Waals surface area (Å²) in [6.07, 6.45) is 12.4. The first-order chi connectivity index (χ1) is 10.4. The van der Waals surface area contributed by atoms with Crippen LogP contribution in [-0.4, -0.2) is 22.2 Å². The van der Waals surface area contributed by atoms with E-state index >= 15 is 0 Å². The molecule has 126 valence electrons. The lowest BCUT2D eigenvalue weighted by Crippen LogP contribution is -2.04. The molecule has 0 rings (SSSR count). The van der Waals surface area contributed by atoms with E-state index < -0.39 is 11.9 Å². The number of hydrogen-bond acceptors (Lipinski definition) is 2. The Morgan fingerprint density at radius 3 is 1.64 bits per heavy atom. The minimum atomic E-state index is -0.953. The summed E-state index contributed by atoms with van der Waals surface area (Å²) in [6.45, 7) is 5.28. The zero-order valence-corrected chi connectivity index (χ0v) is 14.1. The number of carbonyl (C=O) groups is 2. The van der Waals surface area contributed by atoms with E-state index in [2.05, 4.69) is 6.92 Å². The normalized spacial score (nSPS) is 14.0. The largest absolute Gasteiger partial charge is 0.478 e. The quantitative estimate of drug-likeness (QED) is 0.401. The smallest absolute Gasteiger partial charge is 0.330 e. The van der Waals surface area contributed by atoms with Gasteiger partial charge in [0.1, 0.15) is 0 Å². The molecule has 22 heavy (non-hydrogen) atoms. The lowest BCUT2D eigenvalue weighted by atomic mass is 9.95. The van der Waals surface area contributed by atoms with Gasteiger partial charge in [0.15, 0.2) is 0 Å². The van der Waals surface area contributed by atoms with Gasteiger partial charge >= 0.3 is 11.9 Å². The highest BCUT2D eigenvalue weighted by atomic mass is 16.4. The molecule has 2 N–H and O–H groups in total. The second-order valence-corrected chi connectivity index (χ2v) is 5.88. The van der Waals surface area contributed by atoms with E-state index in [9.17, 15) is 9.59 Å². The van der Waals surface area contributed by atoms with E-state index in [1.807, 2.05) is 0 Å². The Labute approximate surface area is 133 Å². The molecule has 0 saturated carbocycles. The van der Waals surface area contributed by atoms with Crippen LogP contribution in [-0.2, 0) is 9.59 Å². The zero-order chi connectivity index (χ0) is 17.0. The maximum absolute atomic E-state index is 10.9. The predicted octanol–water partition coefficient (Wildman–Crippen LogP) is 4.81.